The van der Waals surface area contributed by atoms with E-state index in [0.29, 0.717) is 13.0 Å². The molecule has 2 rings (SSSR count). The molecule has 0 radical (unpaired) electrons. The zero-order valence-corrected chi connectivity index (χ0v) is 15.5. The summed E-state index contributed by atoms with van der Waals surface area (Å²) in [5.41, 5.74) is 0.217. The Morgan fingerprint density at radius 3 is 2.50 bits per heavy atom. The first kappa shape index (κ1) is 19.5. The molecular formula is C17H16BrN3O5. The highest BCUT2D eigenvalue weighted by molar-refractivity contribution is 9.10. The average Bonchev–Trinajstić information content (AvgIpc) is 2.58. The van der Waals surface area contributed by atoms with Gasteiger partial charge in [0.25, 0.3) is 17.3 Å². The minimum atomic E-state index is -0.753. The Hall–Kier alpha value is -2.81. The number of nitro groups is 2. The summed E-state index contributed by atoms with van der Waals surface area (Å²) in [4.78, 5) is 32.9. The van der Waals surface area contributed by atoms with Crippen LogP contribution in [0.1, 0.15) is 27.9 Å². The first-order valence-electron chi connectivity index (χ1n) is 7.75. The van der Waals surface area contributed by atoms with E-state index < -0.39 is 27.1 Å². The molecule has 1 amide bonds. The van der Waals surface area contributed by atoms with Crippen molar-refractivity contribution in [1.82, 2.24) is 5.32 Å². The Balaban J connectivity index is 2.06. The lowest BCUT2D eigenvalue weighted by molar-refractivity contribution is -0.394. The Morgan fingerprint density at radius 1 is 1.15 bits per heavy atom. The van der Waals surface area contributed by atoms with Crippen LogP contribution in [0.3, 0.4) is 0 Å². The normalized spacial score (nSPS) is 10.4. The number of halogens is 1. The molecule has 26 heavy (non-hydrogen) atoms. The van der Waals surface area contributed by atoms with Crippen LogP contribution in [0.25, 0.3) is 0 Å². The first-order chi connectivity index (χ1) is 12.3. The lowest BCUT2D eigenvalue weighted by Gasteiger charge is -2.08. The molecule has 136 valence electrons. The largest absolute Gasteiger partial charge is 0.352 e. The van der Waals surface area contributed by atoms with Gasteiger partial charge in [0.15, 0.2) is 0 Å². The van der Waals surface area contributed by atoms with Crippen LogP contribution in [0.4, 0.5) is 11.4 Å². The van der Waals surface area contributed by atoms with E-state index in [-0.39, 0.29) is 11.1 Å². The van der Waals surface area contributed by atoms with E-state index in [2.05, 4.69) is 21.2 Å². The molecule has 0 unspecified atom stereocenters. The molecule has 2 aromatic carbocycles. The second-order valence-electron chi connectivity index (χ2n) is 5.64. The van der Waals surface area contributed by atoms with Gasteiger partial charge in [0, 0.05) is 22.6 Å². The highest BCUT2D eigenvalue weighted by Crippen LogP contribution is 2.28. The number of carbonyl (C=O) groups is 1. The van der Waals surface area contributed by atoms with Crippen molar-refractivity contribution < 1.29 is 14.6 Å². The third kappa shape index (κ3) is 4.85. The predicted molar refractivity (Wildman–Crippen MR) is 99.3 cm³/mol. The Morgan fingerprint density at radius 2 is 1.88 bits per heavy atom. The van der Waals surface area contributed by atoms with Crippen LogP contribution in [0.2, 0.25) is 0 Å². The maximum absolute atomic E-state index is 12.3. The van der Waals surface area contributed by atoms with Crippen molar-refractivity contribution in [1.29, 1.82) is 0 Å². The number of amides is 1. The molecule has 9 heteroatoms. The van der Waals surface area contributed by atoms with Crippen LogP contribution >= 0.6 is 15.9 Å². The molecule has 2 aromatic rings. The Bertz CT molecular complexity index is 869. The van der Waals surface area contributed by atoms with E-state index in [4.69, 9.17) is 0 Å². The van der Waals surface area contributed by atoms with Crippen molar-refractivity contribution in [3.05, 3.63) is 77.8 Å². The summed E-state index contributed by atoms with van der Waals surface area (Å²) in [6.45, 7) is 1.75. The van der Waals surface area contributed by atoms with Gasteiger partial charge in [-0.2, -0.15) is 0 Å². The molecule has 0 spiro atoms. The van der Waals surface area contributed by atoms with Crippen molar-refractivity contribution in [2.75, 3.05) is 6.54 Å². The topological polar surface area (TPSA) is 115 Å². The maximum atomic E-state index is 12.3. The molecule has 0 atom stereocenters. The highest BCUT2D eigenvalue weighted by Gasteiger charge is 2.24. The van der Waals surface area contributed by atoms with Gasteiger partial charge >= 0.3 is 0 Å². The molecule has 0 fully saturated rings. The quantitative estimate of drug-likeness (QED) is 0.412. The molecule has 0 aliphatic carbocycles. The average molecular weight is 422 g/mol. The number of benzene rings is 2. The predicted octanol–water partition coefficient (Wildman–Crippen LogP) is 3.94. The van der Waals surface area contributed by atoms with Crippen molar-refractivity contribution >= 4 is 33.2 Å². The number of hydrogen-bond donors (Lipinski definition) is 1. The summed E-state index contributed by atoms with van der Waals surface area (Å²) in [5.74, 6) is -0.566. The maximum Gasteiger partial charge on any atom is 0.279 e. The zero-order chi connectivity index (χ0) is 19.3. The Labute approximate surface area is 157 Å². The molecule has 0 aromatic heterocycles. The fourth-order valence-electron chi connectivity index (χ4n) is 2.50. The minimum absolute atomic E-state index is 0.0617. The lowest BCUT2D eigenvalue weighted by atomic mass is 10.0. The third-order valence-corrected chi connectivity index (χ3v) is 4.33. The van der Waals surface area contributed by atoms with Gasteiger partial charge in [-0.15, -0.1) is 0 Å². The number of nitrogens with zero attached hydrogens (tertiary/aromatic N) is 2. The molecule has 0 saturated carbocycles. The highest BCUT2D eigenvalue weighted by atomic mass is 79.9. The van der Waals surface area contributed by atoms with E-state index in [1.54, 1.807) is 0 Å². The molecule has 0 bridgehead atoms. The van der Waals surface area contributed by atoms with Crippen molar-refractivity contribution in [2.45, 2.75) is 19.8 Å². The summed E-state index contributed by atoms with van der Waals surface area (Å²) in [7, 11) is 0. The number of nitro benzene ring substituents is 2. The number of carbonyl (C=O) groups excluding carboxylic acids is 1. The van der Waals surface area contributed by atoms with Crippen molar-refractivity contribution in [2.24, 2.45) is 0 Å². The van der Waals surface area contributed by atoms with Gasteiger partial charge in [-0.1, -0.05) is 28.1 Å². The number of rotatable bonds is 7. The summed E-state index contributed by atoms with van der Waals surface area (Å²) >= 11 is 3.39. The standard InChI is InChI=1S/C17H16BrN3O5/c1-11-15(9-14(20(23)24)10-16(11)21(25)26)17(22)19-7-3-5-12-4-2-6-13(18)8-12/h2,4,6,8-10H,3,5,7H2,1H3,(H,19,22). The summed E-state index contributed by atoms with van der Waals surface area (Å²) in [6.07, 6.45) is 1.41. The van der Waals surface area contributed by atoms with Gasteiger partial charge in [-0.25, -0.2) is 0 Å². The molecule has 0 saturated heterocycles. The zero-order valence-electron chi connectivity index (χ0n) is 13.9. The summed E-state index contributed by atoms with van der Waals surface area (Å²) < 4.78 is 0.971. The minimum Gasteiger partial charge on any atom is -0.352 e. The number of aryl methyl sites for hydroxylation is 1. The van der Waals surface area contributed by atoms with Crippen LogP contribution in [-0.4, -0.2) is 22.3 Å². The summed E-state index contributed by atoms with van der Waals surface area (Å²) in [6, 6.07) is 9.72. The van der Waals surface area contributed by atoms with E-state index in [9.17, 15) is 25.0 Å². The molecule has 0 heterocycles. The second-order valence-corrected chi connectivity index (χ2v) is 6.56. The third-order valence-electron chi connectivity index (χ3n) is 3.83. The second kappa shape index (κ2) is 8.52. The smallest absolute Gasteiger partial charge is 0.279 e. The van der Waals surface area contributed by atoms with Gasteiger partial charge in [0.2, 0.25) is 0 Å². The van der Waals surface area contributed by atoms with E-state index in [0.717, 1.165) is 28.6 Å². The van der Waals surface area contributed by atoms with Crippen LogP contribution in [0, 0.1) is 27.2 Å². The molecule has 0 aliphatic rings. The van der Waals surface area contributed by atoms with Crippen LogP contribution in [0.5, 0.6) is 0 Å². The monoisotopic (exact) mass is 421 g/mol. The lowest BCUT2D eigenvalue weighted by Crippen LogP contribution is -2.26. The van der Waals surface area contributed by atoms with E-state index in [1.165, 1.54) is 6.92 Å². The van der Waals surface area contributed by atoms with Crippen LogP contribution < -0.4 is 5.32 Å². The number of hydrogen-bond acceptors (Lipinski definition) is 5. The molecular weight excluding hydrogens is 406 g/mol. The fourth-order valence-corrected chi connectivity index (χ4v) is 2.94. The van der Waals surface area contributed by atoms with E-state index >= 15 is 0 Å². The molecule has 8 nitrogen and oxygen atoms in total. The van der Waals surface area contributed by atoms with E-state index in [1.807, 2.05) is 24.3 Å². The van der Waals surface area contributed by atoms with Crippen molar-refractivity contribution in [3.8, 4) is 0 Å². The van der Waals surface area contributed by atoms with Gasteiger partial charge < -0.3 is 5.32 Å². The fraction of sp³-hybridized carbons (Fsp3) is 0.235. The van der Waals surface area contributed by atoms with Gasteiger partial charge in [-0.3, -0.25) is 25.0 Å². The summed E-state index contributed by atoms with van der Waals surface area (Å²) in [5, 5.41) is 24.7. The van der Waals surface area contributed by atoms with Crippen molar-refractivity contribution in [3.63, 3.8) is 0 Å². The molecule has 0 aliphatic heterocycles. The number of non-ortho nitro benzene ring substituents is 1. The van der Waals surface area contributed by atoms with Gasteiger partial charge in [0.05, 0.1) is 21.5 Å². The number of nitrogens with one attached hydrogen (secondary N) is 1. The molecule has 1 N–H and O–H groups in total. The van der Waals surface area contributed by atoms with Crippen LogP contribution in [-0.2, 0) is 6.42 Å². The van der Waals surface area contributed by atoms with Gasteiger partial charge in [-0.05, 0) is 37.5 Å². The van der Waals surface area contributed by atoms with Gasteiger partial charge in [0.1, 0.15) is 0 Å². The van der Waals surface area contributed by atoms with Crippen LogP contribution in [0.15, 0.2) is 40.9 Å². The SMILES string of the molecule is Cc1c(C(=O)NCCCc2cccc(Br)c2)cc([N+](=O)[O-])cc1[N+](=O)[O-]. The Kier molecular flexibility index (Phi) is 6.40. The first-order valence-corrected chi connectivity index (χ1v) is 8.55.